The summed E-state index contributed by atoms with van der Waals surface area (Å²) in [5, 5.41) is 13.0. The van der Waals surface area contributed by atoms with E-state index in [1.165, 1.54) is 12.3 Å². The molecule has 0 atom stereocenters. The fraction of sp³-hybridized carbons (Fsp3) is 0.0588. The number of hydrogen-bond donors (Lipinski definition) is 2. The van der Waals surface area contributed by atoms with Crippen LogP contribution in [0.25, 0.3) is 6.08 Å². The molecule has 6 heteroatoms. The standard InChI is InChI=1S/C17H14N2O4/c20-14-5-1-13(2-6-14)10-18-19-17(21)8-4-12-3-7-15-16(9-12)23-11-22-15/h1-10,20H,11H2,(H,19,21)/b8-4+,18-10+. The van der Waals surface area contributed by atoms with E-state index in [0.717, 1.165) is 11.1 Å². The highest BCUT2D eigenvalue weighted by Gasteiger charge is 2.12. The number of hydrogen-bond acceptors (Lipinski definition) is 5. The molecule has 2 aromatic rings. The summed E-state index contributed by atoms with van der Waals surface area (Å²) in [4.78, 5) is 11.7. The van der Waals surface area contributed by atoms with Crippen molar-refractivity contribution in [2.45, 2.75) is 0 Å². The first-order chi connectivity index (χ1) is 11.2. The molecule has 0 saturated carbocycles. The van der Waals surface area contributed by atoms with Gasteiger partial charge in [0.25, 0.3) is 5.91 Å². The molecule has 3 rings (SSSR count). The minimum Gasteiger partial charge on any atom is -0.508 e. The number of phenols is 1. The average molecular weight is 310 g/mol. The summed E-state index contributed by atoms with van der Waals surface area (Å²) in [6.45, 7) is 0.217. The summed E-state index contributed by atoms with van der Waals surface area (Å²) < 4.78 is 10.5. The molecule has 1 amide bonds. The number of amides is 1. The predicted molar refractivity (Wildman–Crippen MR) is 85.4 cm³/mol. The van der Waals surface area contributed by atoms with Gasteiger partial charge in [0.1, 0.15) is 5.75 Å². The van der Waals surface area contributed by atoms with Crippen molar-refractivity contribution in [3.05, 3.63) is 59.7 Å². The first-order valence-corrected chi connectivity index (χ1v) is 6.90. The summed E-state index contributed by atoms with van der Waals surface area (Å²) >= 11 is 0. The van der Waals surface area contributed by atoms with E-state index in [1.54, 1.807) is 42.5 Å². The summed E-state index contributed by atoms with van der Waals surface area (Å²) in [6.07, 6.45) is 4.53. The smallest absolute Gasteiger partial charge is 0.264 e. The third-order valence-corrected chi connectivity index (χ3v) is 3.11. The number of phenolic OH excluding ortho intramolecular Hbond substituents is 1. The van der Waals surface area contributed by atoms with Crippen LogP contribution in [0.2, 0.25) is 0 Å². The van der Waals surface area contributed by atoms with E-state index in [1.807, 2.05) is 6.07 Å². The molecule has 2 N–H and O–H groups in total. The highest BCUT2D eigenvalue weighted by molar-refractivity contribution is 5.92. The fourth-order valence-corrected chi connectivity index (χ4v) is 1.96. The van der Waals surface area contributed by atoms with Crippen molar-refractivity contribution >= 4 is 18.2 Å². The fourth-order valence-electron chi connectivity index (χ4n) is 1.96. The van der Waals surface area contributed by atoms with Gasteiger partial charge in [0.05, 0.1) is 6.21 Å². The Balaban J connectivity index is 1.55. The van der Waals surface area contributed by atoms with Crippen LogP contribution in [0.5, 0.6) is 17.2 Å². The van der Waals surface area contributed by atoms with Gasteiger partial charge >= 0.3 is 0 Å². The van der Waals surface area contributed by atoms with E-state index in [9.17, 15) is 4.79 Å². The summed E-state index contributed by atoms with van der Waals surface area (Å²) in [5.74, 6) is 1.19. The monoisotopic (exact) mass is 310 g/mol. The summed E-state index contributed by atoms with van der Waals surface area (Å²) in [6, 6.07) is 11.9. The van der Waals surface area contributed by atoms with Gasteiger partial charge < -0.3 is 14.6 Å². The molecule has 116 valence electrons. The Morgan fingerprint density at radius 1 is 1.09 bits per heavy atom. The van der Waals surface area contributed by atoms with Crippen molar-refractivity contribution in [2.24, 2.45) is 5.10 Å². The largest absolute Gasteiger partial charge is 0.508 e. The van der Waals surface area contributed by atoms with Crippen LogP contribution >= 0.6 is 0 Å². The molecule has 0 aromatic heterocycles. The highest BCUT2D eigenvalue weighted by Crippen LogP contribution is 2.32. The Labute approximate surface area is 132 Å². The third kappa shape index (κ3) is 3.88. The molecule has 0 unspecified atom stereocenters. The van der Waals surface area contributed by atoms with Crippen LogP contribution in [0.4, 0.5) is 0 Å². The van der Waals surface area contributed by atoms with Crippen molar-refractivity contribution < 1.29 is 19.4 Å². The number of carbonyl (C=O) groups excluding carboxylic acids is 1. The first kappa shape index (κ1) is 14.6. The number of rotatable bonds is 4. The zero-order valence-electron chi connectivity index (χ0n) is 12.1. The van der Waals surface area contributed by atoms with Gasteiger partial charge in [-0.2, -0.15) is 5.10 Å². The Morgan fingerprint density at radius 2 is 1.83 bits per heavy atom. The van der Waals surface area contributed by atoms with Gasteiger partial charge in [-0.3, -0.25) is 4.79 Å². The maximum atomic E-state index is 11.7. The van der Waals surface area contributed by atoms with E-state index in [2.05, 4.69) is 10.5 Å². The van der Waals surface area contributed by atoms with E-state index in [0.29, 0.717) is 11.5 Å². The Hall–Kier alpha value is -3.28. The molecule has 0 bridgehead atoms. The molecule has 0 saturated heterocycles. The predicted octanol–water partition coefficient (Wildman–Crippen LogP) is 2.28. The number of fused-ring (bicyclic) bond motifs is 1. The average Bonchev–Trinajstić information content (AvgIpc) is 3.02. The Kier molecular flexibility index (Phi) is 4.24. The molecule has 0 aliphatic carbocycles. The number of nitrogens with zero attached hydrogens (tertiary/aromatic N) is 1. The molecule has 6 nitrogen and oxygen atoms in total. The van der Waals surface area contributed by atoms with Gasteiger partial charge in [-0.1, -0.05) is 6.07 Å². The number of benzene rings is 2. The number of nitrogens with one attached hydrogen (secondary N) is 1. The lowest BCUT2D eigenvalue weighted by molar-refractivity contribution is -0.116. The second kappa shape index (κ2) is 6.65. The molecule has 0 spiro atoms. The lowest BCUT2D eigenvalue weighted by Gasteiger charge is -1.98. The normalized spacial score (nSPS) is 12.9. The number of hydrazone groups is 1. The molecule has 1 aliphatic heterocycles. The maximum Gasteiger partial charge on any atom is 0.264 e. The molecular formula is C17H14N2O4. The molecule has 23 heavy (non-hydrogen) atoms. The van der Waals surface area contributed by atoms with Crippen molar-refractivity contribution in [2.75, 3.05) is 6.79 Å². The minimum absolute atomic E-state index is 0.179. The Bertz CT molecular complexity index is 767. The number of carbonyl (C=O) groups is 1. The molecular weight excluding hydrogens is 296 g/mol. The minimum atomic E-state index is -0.349. The Morgan fingerprint density at radius 3 is 2.65 bits per heavy atom. The molecule has 2 aromatic carbocycles. The van der Waals surface area contributed by atoms with Crippen LogP contribution in [-0.2, 0) is 4.79 Å². The molecule has 1 heterocycles. The zero-order valence-corrected chi connectivity index (χ0v) is 12.1. The van der Waals surface area contributed by atoms with Gasteiger partial charge in [0.2, 0.25) is 6.79 Å². The van der Waals surface area contributed by atoms with Crippen molar-refractivity contribution in [1.29, 1.82) is 0 Å². The molecule has 1 aliphatic rings. The topological polar surface area (TPSA) is 80.2 Å². The first-order valence-electron chi connectivity index (χ1n) is 6.90. The van der Waals surface area contributed by atoms with E-state index in [-0.39, 0.29) is 18.4 Å². The van der Waals surface area contributed by atoms with Crippen molar-refractivity contribution in [1.82, 2.24) is 5.43 Å². The van der Waals surface area contributed by atoms with Crippen LogP contribution < -0.4 is 14.9 Å². The lowest BCUT2D eigenvalue weighted by Crippen LogP contribution is -2.14. The van der Waals surface area contributed by atoms with Gasteiger partial charge in [0, 0.05) is 6.08 Å². The molecule has 0 fully saturated rings. The maximum absolute atomic E-state index is 11.7. The van der Waals surface area contributed by atoms with Gasteiger partial charge in [-0.25, -0.2) is 5.43 Å². The van der Waals surface area contributed by atoms with Crippen LogP contribution in [0.3, 0.4) is 0 Å². The van der Waals surface area contributed by atoms with E-state index >= 15 is 0 Å². The van der Waals surface area contributed by atoms with Crippen molar-refractivity contribution in [3.8, 4) is 17.2 Å². The van der Waals surface area contributed by atoms with Gasteiger partial charge in [-0.15, -0.1) is 0 Å². The van der Waals surface area contributed by atoms with Crippen LogP contribution in [-0.4, -0.2) is 24.0 Å². The number of ether oxygens (including phenoxy) is 2. The van der Waals surface area contributed by atoms with Gasteiger partial charge in [-0.05, 0) is 53.6 Å². The van der Waals surface area contributed by atoms with E-state index in [4.69, 9.17) is 14.6 Å². The number of aromatic hydroxyl groups is 1. The molecule has 0 radical (unpaired) electrons. The summed E-state index contributed by atoms with van der Waals surface area (Å²) in [5.41, 5.74) is 3.99. The van der Waals surface area contributed by atoms with Crippen LogP contribution in [0.15, 0.2) is 53.6 Å². The van der Waals surface area contributed by atoms with E-state index < -0.39 is 0 Å². The highest BCUT2D eigenvalue weighted by atomic mass is 16.7. The SMILES string of the molecule is O=C(/C=C/c1ccc2c(c1)OCO2)N/N=C/c1ccc(O)cc1. The zero-order chi connectivity index (χ0) is 16.1. The van der Waals surface area contributed by atoms with Crippen LogP contribution in [0, 0.1) is 0 Å². The lowest BCUT2D eigenvalue weighted by atomic mass is 10.2. The van der Waals surface area contributed by atoms with Crippen molar-refractivity contribution in [3.63, 3.8) is 0 Å². The summed E-state index contributed by atoms with van der Waals surface area (Å²) in [7, 11) is 0. The third-order valence-electron chi connectivity index (χ3n) is 3.11. The second-order valence-corrected chi connectivity index (χ2v) is 4.77. The quantitative estimate of drug-likeness (QED) is 0.516. The second-order valence-electron chi connectivity index (χ2n) is 4.77. The van der Waals surface area contributed by atoms with Crippen LogP contribution in [0.1, 0.15) is 11.1 Å². The van der Waals surface area contributed by atoms with Gasteiger partial charge in [0.15, 0.2) is 11.5 Å².